The van der Waals surface area contributed by atoms with Gasteiger partial charge in [-0.1, -0.05) is 6.92 Å². The number of nitrogens with two attached hydrogens (primary N) is 1. The van der Waals surface area contributed by atoms with Crippen molar-refractivity contribution in [2.75, 3.05) is 13.1 Å². The van der Waals surface area contributed by atoms with Gasteiger partial charge >= 0.3 is 0 Å². The van der Waals surface area contributed by atoms with Crippen LogP contribution in [0, 0.1) is 0 Å². The topological polar surface area (TPSA) is 75.4 Å². The lowest BCUT2D eigenvalue weighted by Crippen LogP contribution is -2.46. The second kappa shape index (κ2) is 4.41. The number of rotatable bonds is 4. The standard InChI is InChI=1S/C9H17N3O2/c1-3-11-7-4-5-12(9(7)14)6(2)8(10)13/h6-7,11H,3-5H2,1-2H3,(H2,10,13). The summed E-state index contributed by atoms with van der Waals surface area (Å²) in [6.07, 6.45) is 0.754. The zero-order chi connectivity index (χ0) is 10.7. The van der Waals surface area contributed by atoms with Gasteiger partial charge in [0, 0.05) is 6.54 Å². The maximum atomic E-state index is 11.7. The maximum Gasteiger partial charge on any atom is 0.240 e. The molecule has 3 N–H and O–H groups in total. The van der Waals surface area contributed by atoms with Crippen LogP contribution in [0.25, 0.3) is 0 Å². The first-order chi connectivity index (χ1) is 6.57. The molecule has 1 saturated heterocycles. The van der Waals surface area contributed by atoms with E-state index in [2.05, 4.69) is 5.32 Å². The molecule has 0 aromatic heterocycles. The second-order valence-electron chi connectivity index (χ2n) is 3.51. The number of nitrogens with zero attached hydrogens (tertiary/aromatic N) is 1. The van der Waals surface area contributed by atoms with Gasteiger partial charge in [-0.25, -0.2) is 0 Å². The Morgan fingerprint density at radius 2 is 2.43 bits per heavy atom. The third-order valence-corrected chi connectivity index (χ3v) is 2.57. The molecule has 5 nitrogen and oxygen atoms in total. The number of hydrogen-bond donors (Lipinski definition) is 2. The monoisotopic (exact) mass is 199 g/mol. The molecule has 2 unspecified atom stereocenters. The number of carbonyl (C=O) groups excluding carboxylic acids is 2. The summed E-state index contributed by atoms with van der Waals surface area (Å²) in [4.78, 5) is 24.1. The summed E-state index contributed by atoms with van der Waals surface area (Å²) >= 11 is 0. The van der Waals surface area contributed by atoms with E-state index in [4.69, 9.17) is 5.73 Å². The highest BCUT2D eigenvalue weighted by Gasteiger charge is 2.35. The zero-order valence-corrected chi connectivity index (χ0v) is 8.62. The third-order valence-electron chi connectivity index (χ3n) is 2.57. The molecule has 1 fully saturated rings. The van der Waals surface area contributed by atoms with Crippen molar-refractivity contribution in [3.05, 3.63) is 0 Å². The molecule has 1 heterocycles. The third kappa shape index (κ3) is 2.04. The van der Waals surface area contributed by atoms with Gasteiger partial charge in [0.15, 0.2) is 0 Å². The van der Waals surface area contributed by atoms with Crippen molar-refractivity contribution in [1.82, 2.24) is 10.2 Å². The van der Waals surface area contributed by atoms with Crippen LogP contribution in [0.2, 0.25) is 0 Å². The number of amides is 2. The summed E-state index contributed by atoms with van der Waals surface area (Å²) < 4.78 is 0. The van der Waals surface area contributed by atoms with Gasteiger partial charge in [-0.05, 0) is 19.9 Å². The molecule has 2 amide bonds. The lowest BCUT2D eigenvalue weighted by atomic mass is 10.2. The summed E-state index contributed by atoms with van der Waals surface area (Å²) in [7, 11) is 0. The fourth-order valence-corrected chi connectivity index (χ4v) is 1.68. The lowest BCUT2D eigenvalue weighted by molar-refractivity contribution is -0.136. The van der Waals surface area contributed by atoms with E-state index in [-0.39, 0.29) is 11.9 Å². The van der Waals surface area contributed by atoms with Crippen molar-refractivity contribution in [1.29, 1.82) is 0 Å². The summed E-state index contributed by atoms with van der Waals surface area (Å²) in [5.74, 6) is -0.464. The molecule has 0 saturated carbocycles. The van der Waals surface area contributed by atoms with Crippen LogP contribution in [0.5, 0.6) is 0 Å². The predicted octanol–water partition coefficient (Wildman–Crippen LogP) is -0.929. The molecular weight excluding hydrogens is 182 g/mol. The van der Waals surface area contributed by atoms with E-state index < -0.39 is 11.9 Å². The number of carbonyl (C=O) groups is 2. The molecule has 0 aliphatic carbocycles. The first kappa shape index (κ1) is 11.0. The van der Waals surface area contributed by atoms with Crippen LogP contribution >= 0.6 is 0 Å². The molecule has 2 atom stereocenters. The van der Waals surface area contributed by atoms with Crippen LogP contribution in [-0.4, -0.2) is 41.9 Å². The van der Waals surface area contributed by atoms with Crippen molar-refractivity contribution >= 4 is 11.8 Å². The van der Waals surface area contributed by atoms with Crippen molar-refractivity contribution < 1.29 is 9.59 Å². The van der Waals surface area contributed by atoms with E-state index in [1.807, 2.05) is 6.92 Å². The van der Waals surface area contributed by atoms with Crippen LogP contribution in [-0.2, 0) is 9.59 Å². The first-order valence-electron chi connectivity index (χ1n) is 4.91. The van der Waals surface area contributed by atoms with Gasteiger partial charge in [0.25, 0.3) is 0 Å². The first-order valence-corrected chi connectivity index (χ1v) is 4.91. The number of nitrogens with one attached hydrogen (secondary N) is 1. The maximum absolute atomic E-state index is 11.7. The Morgan fingerprint density at radius 3 is 2.93 bits per heavy atom. The Kier molecular flexibility index (Phi) is 3.46. The minimum atomic E-state index is -0.494. The molecule has 80 valence electrons. The Hall–Kier alpha value is -1.10. The number of likely N-dealkylation sites (N-methyl/N-ethyl adjacent to an activating group) is 1. The summed E-state index contributed by atoms with van der Waals surface area (Å²) in [5.41, 5.74) is 5.14. The Morgan fingerprint density at radius 1 is 1.79 bits per heavy atom. The Bertz CT molecular complexity index is 242. The van der Waals surface area contributed by atoms with Gasteiger partial charge in [0.2, 0.25) is 11.8 Å². The van der Waals surface area contributed by atoms with Crippen molar-refractivity contribution in [3.8, 4) is 0 Å². The van der Waals surface area contributed by atoms with Gasteiger partial charge in [0.1, 0.15) is 6.04 Å². The molecule has 1 aliphatic heterocycles. The fraction of sp³-hybridized carbons (Fsp3) is 0.778. The Balaban J connectivity index is 2.59. The molecule has 14 heavy (non-hydrogen) atoms. The minimum absolute atomic E-state index is 0.0156. The fourth-order valence-electron chi connectivity index (χ4n) is 1.68. The van der Waals surface area contributed by atoms with Gasteiger partial charge in [-0.15, -0.1) is 0 Å². The van der Waals surface area contributed by atoms with Crippen LogP contribution in [0.15, 0.2) is 0 Å². The van der Waals surface area contributed by atoms with E-state index in [1.54, 1.807) is 6.92 Å². The molecule has 0 aromatic rings. The zero-order valence-electron chi connectivity index (χ0n) is 8.62. The van der Waals surface area contributed by atoms with Crippen LogP contribution < -0.4 is 11.1 Å². The molecule has 5 heteroatoms. The van der Waals surface area contributed by atoms with E-state index in [0.717, 1.165) is 13.0 Å². The van der Waals surface area contributed by atoms with E-state index in [9.17, 15) is 9.59 Å². The average Bonchev–Trinajstić information content (AvgIpc) is 2.48. The molecule has 0 bridgehead atoms. The summed E-state index contributed by atoms with van der Waals surface area (Å²) in [6.45, 7) is 4.98. The van der Waals surface area contributed by atoms with Crippen molar-refractivity contribution in [3.63, 3.8) is 0 Å². The predicted molar refractivity (Wildman–Crippen MR) is 52.5 cm³/mol. The van der Waals surface area contributed by atoms with Crippen LogP contribution in [0.4, 0.5) is 0 Å². The largest absolute Gasteiger partial charge is 0.368 e. The van der Waals surface area contributed by atoms with Crippen LogP contribution in [0.1, 0.15) is 20.3 Å². The van der Waals surface area contributed by atoms with E-state index in [0.29, 0.717) is 6.54 Å². The summed E-state index contributed by atoms with van der Waals surface area (Å²) in [5, 5.41) is 3.07. The molecule has 0 radical (unpaired) electrons. The summed E-state index contributed by atoms with van der Waals surface area (Å²) in [6, 6.07) is -0.632. The SMILES string of the molecule is CCNC1CCN(C(C)C(N)=O)C1=O. The quantitative estimate of drug-likeness (QED) is 0.614. The highest BCUT2D eigenvalue weighted by molar-refractivity contribution is 5.90. The molecule has 1 rings (SSSR count). The molecule has 0 aromatic carbocycles. The number of hydrogen-bond acceptors (Lipinski definition) is 3. The van der Waals surface area contributed by atoms with Crippen LogP contribution in [0.3, 0.4) is 0 Å². The lowest BCUT2D eigenvalue weighted by Gasteiger charge is -2.21. The smallest absolute Gasteiger partial charge is 0.240 e. The normalized spacial score (nSPS) is 24.0. The minimum Gasteiger partial charge on any atom is -0.368 e. The van der Waals surface area contributed by atoms with Gasteiger partial charge < -0.3 is 16.0 Å². The number of likely N-dealkylation sites (tertiary alicyclic amines) is 1. The molecular formula is C9H17N3O2. The Labute approximate surface area is 83.6 Å². The van der Waals surface area contributed by atoms with Crippen molar-refractivity contribution in [2.24, 2.45) is 5.73 Å². The number of primary amides is 1. The van der Waals surface area contributed by atoms with Gasteiger partial charge in [0.05, 0.1) is 6.04 Å². The van der Waals surface area contributed by atoms with E-state index in [1.165, 1.54) is 4.90 Å². The molecule has 0 spiro atoms. The molecule has 1 aliphatic rings. The highest BCUT2D eigenvalue weighted by atomic mass is 16.2. The van der Waals surface area contributed by atoms with Gasteiger partial charge in [-0.2, -0.15) is 0 Å². The average molecular weight is 199 g/mol. The van der Waals surface area contributed by atoms with Gasteiger partial charge in [-0.3, -0.25) is 9.59 Å². The van der Waals surface area contributed by atoms with Crippen molar-refractivity contribution in [2.45, 2.75) is 32.4 Å². The van der Waals surface area contributed by atoms with E-state index >= 15 is 0 Å². The highest BCUT2D eigenvalue weighted by Crippen LogP contribution is 2.14. The second-order valence-corrected chi connectivity index (χ2v) is 3.51.